The third-order valence-corrected chi connectivity index (χ3v) is 5.58. The van der Waals surface area contributed by atoms with Crippen molar-refractivity contribution in [1.82, 2.24) is 0 Å². The lowest BCUT2D eigenvalue weighted by Gasteiger charge is -2.29. The number of unbranched alkanes of at least 4 members (excludes halogenated alkanes) is 1. The third-order valence-electron chi connectivity index (χ3n) is 5.58. The van der Waals surface area contributed by atoms with E-state index in [2.05, 4.69) is 62.4 Å². The van der Waals surface area contributed by atoms with E-state index >= 15 is 0 Å². The van der Waals surface area contributed by atoms with Gasteiger partial charge in [0.25, 0.3) is 0 Å². The first kappa shape index (κ1) is 16.3. The average molecular weight is 306 g/mol. The van der Waals surface area contributed by atoms with Crippen LogP contribution >= 0.6 is 0 Å². The molecule has 0 aromatic heterocycles. The van der Waals surface area contributed by atoms with E-state index in [1.165, 1.54) is 61.6 Å². The fraction of sp³-hybridized carbons (Fsp3) is 0.478. The van der Waals surface area contributed by atoms with Gasteiger partial charge in [-0.3, -0.25) is 0 Å². The molecule has 0 N–H and O–H groups in total. The fourth-order valence-corrected chi connectivity index (χ4v) is 3.97. The molecule has 0 bridgehead atoms. The Kier molecular flexibility index (Phi) is 5.54. The maximum Gasteiger partial charge on any atom is -0.0162 e. The van der Waals surface area contributed by atoms with E-state index in [0.29, 0.717) is 0 Å². The lowest BCUT2D eigenvalue weighted by Crippen LogP contribution is -2.13. The lowest BCUT2D eigenvalue weighted by molar-refractivity contribution is 0.304. The van der Waals surface area contributed by atoms with Crippen molar-refractivity contribution in [2.45, 2.75) is 64.7 Å². The first-order chi connectivity index (χ1) is 11.3. The van der Waals surface area contributed by atoms with Gasteiger partial charge in [0.15, 0.2) is 0 Å². The van der Waals surface area contributed by atoms with E-state index in [1.807, 2.05) is 0 Å². The lowest BCUT2D eigenvalue weighted by atomic mass is 9.77. The Labute approximate surface area is 141 Å². The summed E-state index contributed by atoms with van der Waals surface area (Å²) in [4.78, 5) is 0. The fourth-order valence-electron chi connectivity index (χ4n) is 3.97. The van der Waals surface area contributed by atoms with E-state index in [0.717, 1.165) is 11.8 Å². The summed E-state index contributed by atoms with van der Waals surface area (Å²) in [5.74, 6) is 1.79. The summed E-state index contributed by atoms with van der Waals surface area (Å²) in [6.07, 6.45) is 9.86. The minimum Gasteiger partial charge on any atom is -0.0654 e. The van der Waals surface area contributed by atoms with Crippen LogP contribution in [0.15, 0.2) is 48.5 Å². The smallest absolute Gasteiger partial charge is 0.0162 e. The Bertz CT molecular complexity index is 583. The van der Waals surface area contributed by atoms with Crippen LogP contribution in [0.4, 0.5) is 0 Å². The number of hydrogen-bond donors (Lipinski definition) is 0. The highest BCUT2D eigenvalue weighted by atomic mass is 14.3. The molecule has 0 nitrogen and oxygen atoms in total. The van der Waals surface area contributed by atoms with Crippen molar-refractivity contribution in [1.29, 1.82) is 0 Å². The van der Waals surface area contributed by atoms with Crippen LogP contribution in [0.1, 0.15) is 68.9 Å². The van der Waals surface area contributed by atoms with Crippen LogP contribution in [0.3, 0.4) is 0 Å². The second-order valence-corrected chi connectivity index (χ2v) is 7.35. The summed E-state index contributed by atoms with van der Waals surface area (Å²) in [5, 5.41) is 0. The quantitative estimate of drug-likeness (QED) is 0.551. The Morgan fingerprint density at radius 2 is 1.35 bits per heavy atom. The monoisotopic (exact) mass is 306 g/mol. The summed E-state index contributed by atoms with van der Waals surface area (Å²) in [5.41, 5.74) is 5.54. The molecule has 0 aliphatic heterocycles. The van der Waals surface area contributed by atoms with Gasteiger partial charge in [-0.05, 0) is 61.1 Å². The minimum absolute atomic E-state index is 0.792. The number of rotatable bonds is 5. The van der Waals surface area contributed by atoms with Gasteiger partial charge < -0.3 is 0 Å². The van der Waals surface area contributed by atoms with Gasteiger partial charge in [-0.2, -0.15) is 0 Å². The SMILES string of the molecule is CCCCC1CCC(c2ccc(-c3ccc(C)cc3)cc2)CC1. The Hall–Kier alpha value is -1.56. The zero-order chi connectivity index (χ0) is 16.1. The van der Waals surface area contributed by atoms with E-state index in [4.69, 9.17) is 0 Å². The predicted molar refractivity (Wildman–Crippen MR) is 101 cm³/mol. The maximum atomic E-state index is 2.37. The molecule has 0 heteroatoms. The third kappa shape index (κ3) is 4.25. The normalized spacial score (nSPS) is 21.3. The van der Waals surface area contributed by atoms with Crippen molar-refractivity contribution in [2.24, 2.45) is 5.92 Å². The molecule has 3 rings (SSSR count). The first-order valence-corrected chi connectivity index (χ1v) is 9.43. The van der Waals surface area contributed by atoms with E-state index in [9.17, 15) is 0 Å². The summed E-state index contributed by atoms with van der Waals surface area (Å²) >= 11 is 0. The summed E-state index contributed by atoms with van der Waals surface area (Å²) in [6, 6.07) is 18.2. The van der Waals surface area contributed by atoms with Crippen LogP contribution in [0.2, 0.25) is 0 Å². The molecule has 1 saturated carbocycles. The molecule has 0 heterocycles. The average Bonchev–Trinajstić information content (AvgIpc) is 2.61. The van der Waals surface area contributed by atoms with Gasteiger partial charge in [0.2, 0.25) is 0 Å². The number of benzene rings is 2. The largest absolute Gasteiger partial charge is 0.0654 e. The standard InChI is InChI=1S/C23H30/c1-3-4-5-19-8-12-21(13-9-19)23-16-14-22(15-17-23)20-10-6-18(2)7-11-20/h6-7,10-11,14-17,19,21H,3-5,8-9,12-13H2,1-2H3. The van der Waals surface area contributed by atoms with Crippen LogP contribution < -0.4 is 0 Å². The first-order valence-electron chi connectivity index (χ1n) is 9.43. The van der Waals surface area contributed by atoms with Crippen LogP contribution in [-0.2, 0) is 0 Å². The highest BCUT2D eigenvalue weighted by Gasteiger charge is 2.21. The van der Waals surface area contributed by atoms with Crippen molar-refractivity contribution in [3.05, 3.63) is 59.7 Å². The predicted octanol–water partition coefficient (Wildman–Crippen LogP) is 7.13. The summed E-state index contributed by atoms with van der Waals surface area (Å²) < 4.78 is 0. The minimum atomic E-state index is 0.792. The van der Waals surface area contributed by atoms with Gasteiger partial charge in [-0.25, -0.2) is 0 Å². The molecule has 0 spiro atoms. The topological polar surface area (TPSA) is 0 Å². The molecule has 0 radical (unpaired) electrons. The van der Waals surface area contributed by atoms with Crippen LogP contribution in [0, 0.1) is 12.8 Å². The molecule has 0 atom stereocenters. The molecule has 0 saturated heterocycles. The van der Waals surface area contributed by atoms with Crippen molar-refractivity contribution < 1.29 is 0 Å². The molecule has 23 heavy (non-hydrogen) atoms. The van der Waals surface area contributed by atoms with Crippen molar-refractivity contribution in [2.75, 3.05) is 0 Å². The van der Waals surface area contributed by atoms with Crippen molar-refractivity contribution >= 4 is 0 Å². The van der Waals surface area contributed by atoms with Gasteiger partial charge in [0.1, 0.15) is 0 Å². The van der Waals surface area contributed by atoms with Gasteiger partial charge in [-0.1, -0.05) is 80.3 Å². The molecule has 1 aliphatic rings. The Morgan fingerprint density at radius 3 is 1.91 bits per heavy atom. The molecule has 2 aromatic rings. The second-order valence-electron chi connectivity index (χ2n) is 7.35. The number of aryl methyl sites for hydroxylation is 1. The summed E-state index contributed by atoms with van der Waals surface area (Å²) in [7, 11) is 0. The van der Waals surface area contributed by atoms with E-state index < -0.39 is 0 Å². The summed E-state index contributed by atoms with van der Waals surface area (Å²) in [6.45, 7) is 4.45. The Balaban J connectivity index is 1.61. The maximum absolute atomic E-state index is 2.37. The molecule has 1 aliphatic carbocycles. The molecule has 2 aromatic carbocycles. The highest BCUT2D eigenvalue weighted by Crippen LogP contribution is 2.38. The van der Waals surface area contributed by atoms with Crippen LogP contribution in [-0.4, -0.2) is 0 Å². The number of hydrogen-bond acceptors (Lipinski definition) is 0. The molecule has 0 unspecified atom stereocenters. The molecule has 122 valence electrons. The second kappa shape index (κ2) is 7.81. The van der Waals surface area contributed by atoms with Gasteiger partial charge in [0.05, 0.1) is 0 Å². The van der Waals surface area contributed by atoms with Crippen molar-refractivity contribution in [3.8, 4) is 11.1 Å². The zero-order valence-electron chi connectivity index (χ0n) is 14.7. The van der Waals surface area contributed by atoms with Crippen LogP contribution in [0.5, 0.6) is 0 Å². The van der Waals surface area contributed by atoms with Gasteiger partial charge >= 0.3 is 0 Å². The van der Waals surface area contributed by atoms with Gasteiger partial charge in [-0.15, -0.1) is 0 Å². The molecule has 0 amide bonds. The van der Waals surface area contributed by atoms with E-state index in [1.54, 1.807) is 5.56 Å². The van der Waals surface area contributed by atoms with Gasteiger partial charge in [0, 0.05) is 0 Å². The zero-order valence-corrected chi connectivity index (χ0v) is 14.7. The molecular formula is C23H30. The van der Waals surface area contributed by atoms with E-state index in [-0.39, 0.29) is 0 Å². The molecule has 1 fully saturated rings. The highest BCUT2D eigenvalue weighted by molar-refractivity contribution is 5.64. The Morgan fingerprint density at radius 1 is 0.783 bits per heavy atom. The van der Waals surface area contributed by atoms with Crippen LogP contribution in [0.25, 0.3) is 11.1 Å². The molecular weight excluding hydrogens is 276 g/mol. The van der Waals surface area contributed by atoms with Crippen molar-refractivity contribution in [3.63, 3.8) is 0 Å².